The van der Waals surface area contributed by atoms with Crippen LogP contribution in [0.2, 0.25) is 5.02 Å². The highest BCUT2D eigenvalue weighted by Crippen LogP contribution is 2.31. The second-order valence-corrected chi connectivity index (χ2v) is 4.37. The molecule has 1 nitrogen and oxygen atoms in total. The van der Waals surface area contributed by atoms with E-state index in [1.807, 2.05) is 17.5 Å². The Balaban J connectivity index is 2.78. The van der Waals surface area contributed by atoms with Crippen molar-refractivity contribution in [2.24, 2.45) is 0 Å². The average Bonchev–Trinajstić information content (AvgIpc) is 2.58. The number of hydrogen-bond acceptors (Lipinski definition) is 2. The first-order valence-corrected chi connectivity index (χ1v) is 5.61. The molecule has 0 amide bonds. The maximum Gasteiger partial charge on any atom is 0.101 e. The van der Waals surface area contributed by atoms with Crippen LogP contribution in [0.4, 0.5) is 0 Å². The summed E-state index contributed by atoms with van der Waals surface area (Å²) in [5.41, 5.74) is 1.85. The average molecular weight is 222 g/mol. The van der Waals surface area contributed by atoms with Crippen LogP contribution < -0.4 is 0 Å². The fourth-order valence-electron chi connectivity index (χ4n) is 1.45. The predicted octanol–water partition coefficient (Wildman–Crippen LogP) is 3.99. The Morgan fingerprint density at radius 3 is 2.93 bits per heavy atom. The van der Waals surface area contributed by atoms with Gasteiger partial charge in [0.25, 0.3) is 0 Å². The zero-order chi connectivity index (χ0) is 10.1. The van der Waals surface area contributed by atoms with E-state index < -0.39 is 0 Å². The second kappa shape index (κ2) is 3.61. The summed E-state index contributed by atoms with van der Waals surface area (Å²) in [5, 5.41) is 12.6. The summed E-state index contributed by atoms with van der Waals surface area (Å²) < 4.78 is 1.09. The SMILES string of the molecule is CCc1cc2c(C#N)csc2cc1Cl. The van der Waals surface area contributed by atoms with Gasteiger partial charge in [0, 0.05) is 20.5 Å². The maximum absolute atomic E-state index is 8.88. The second-order valence-electron chi connectivity index (χ2n) is 3.05. The quantitative estimate of drug-likeness (QED) is 0.715. The summed E-state index contributed by atoms with van der Waals surface area (Å²) in [5.74, 6) is 0. The number of thiophene rings is 1. The highest BCUT2D eigenvalue weighted by atomic mass is 35.5. The minimum Gasteiger partial charge on any atom is -0.192 e. The van der Waals surface area contributed by atoms with Crippen LogP contribution in [0.25, 0.3) is 10.1 Å². The molecule has 0 radical (unpaired) electrons. The zero-order valence-corrected chi connectivity index (χ0v) is 9.25. The molecule has 3 heteroatoms. The maximum atomic E-state index is 8.88. The van der Waals surface area contributed by atoms with Crippen molar-refractivity contribution in [2.45, 2.75) is 13.3 Å². The summed E-state index contributed by atoms with van der Waals surface area (Å²) in [7, 11) is 0. The molecular weight excluding hydrogens is 214 g/mol. The van der Waals surface area contributed by atoms with E-state index in [9.17, 15) is 0 Å². The number of aryl methyl sites for hydroxylation is 1. The number of hydrogen-bond donors (Lipinski definition) is 0. The summed E-state index contributed by atoms with van der Waals surface area (Å²) in [6, 6.07) is 6.15. The van der Waals surface area contributed by atoms with Gasteiger partial charge in [-0.15, -0.1) is 11.3 Å². The standard InChI is InChI=1S/C11H8ClNS/c1-2-7-3-9-8(5-13)6-14-11(9)4-10(7)12/h3-4,6H,2H2,1H3. The van der Waals surface area contributed by atoms with Crippen molar-refractivity contribution in [1.29, 1.82) is 5.26 Å². The van der Waals surface area contributed by atoms with E-state index in [1.165, 1.54) is 0 Å². The Morgan fingerprint density at radius 2 is 2.29 bits per heavy atom. The molecule has 0 N–H and O–H groups in total. The summed E-state index contributed by atoms with van der Waals surface area (Å²) in [6.45, 7) is 2.06. The van der Waals surface area contributed by atoms with Crippen LogP contribution >= 0.6 is 22.9 Å². The van der Waals surface area contributed by atoms with Crippen molar-refractivity contribution in [2.75, 3.05) is 0 Å². The van der Waals surface area contributed by atoms with E-state index in [2.05, 4.69) is 13.0 Å². The van der Waals surface area contributed by atoms with E-state index in [-0.39, 0.29) is 0 Å². The van der Waals surface area contributed by atoms with Crippen molar-refractivity contribution in [3.05, 3.63) is 33.7 Å². The number of benzene rings is 1. The van der Waals surface area contributed by atoms with Crippen molar-refractivity contribution in [3.63, 3.8) is 0 Å². The predicted molar refractivity (Wildman–Crippen MR) is 60.9 cm³/mol. The molecule has 0 fully saturated rings. The van der Waals surface area contributed by atoms with Crippen molar-refractivity contribution in [1.82, 2.24) is 0 Å². The molecule has 1 aromatic heterocycles. The minimum atomic E-state index is 0.747. The minimum absolute atomic E-state index is 0.747. The number of halogens is 1. The molecule has 2 rings (SSSR count). The number of nitriles is 1. The first-order valence-electron chi connectivity index (χ1n) is 4.36. The van der Waals surface area contributed by atoms with Crippen LogP contribution in [-0.2, 0) is 6.42 Å². The number of fused-ring (bicyclic) bond motifs is 1. The van der Waals surface area contributed by atoms with Gasteiger partial charge in [0.2, 0.25) is 0 Å². The van der Waals surface area contributed by atoms with Gasteiger partial charge in [-0.3, -0.25) is 0 Å². The molecule has 0 saturated heterocycles. The van der Waals surface area contributed by atoms with Gasteiger partial charge in [-0.05, 0) is 24.1 Å². The van der Waals surface area contributed by atoms with Crippen LogP contribution in [-0.4, -0.2) is 0 Å². The Morgan fingerprint density at radius 1 is 1.50 bits per heavy atom. The van der Waals surface area contributed by atoms with Crippen LogP contribution in [0.5, 0.6) is 0 Å². The molecule has 14 heavy (non-hydrogen) atoms. The molecule has 0 saturated carbocycles. The molecule has 0 unspecified atom stereocenters. The van der Waals surface area contributed by atoms with Gasteiger partial charge in [-0.25, -0.2) is 0 Å². The van der Waals surface area contributed by atoms with Gasteiger partial charge in [0.05, 0.1) is 5.56 Å². The highest BCUT2D eigenvalue weighted by molar-refractivity contribution is 7.17. The Bertz CT molecular complexity index is 522. The molecule has 2 aromatic rings. The van der Waals surface area contributed by atoms with Gasteiger partial charge in [-0.2, -0.15) is 5.26 Å². The van der Waals surface area contributed by atoms with Crippen molar-refractivity contribution >= 4 is 33.0 Å². The van der Waals surface area contributed by atoms with E-state index in [1.54, 1.807) is 11.3 Å². The lowest BCUT2D eigenvalue weighted by molar-refractivity contribution is 1.15. The zero-order valence-electron chi connectivity index (χ0n) is 7.67. The normalized spacial score (nSPS) is 10.4. The molecule has 1 aromatic carbocycles. The third-order valence-corrected chi connectivity index (χ3v) is 3.54. The largest absolute Gasteiger partial charge is 0.192 e. The topological polar surface area (TPSA) is 23.8 Å². The lowest BCUT2D eigenvalue weighted by Crippen LogP contribution is -1.81. The first kappa shape index (κ1) is 9.51. The lowest BCUT2D eigenvalue weighted by Gasteiger charge is -2.00. The van der Waals surface area contributed by atoms with Gasteiger partial charge >= 0.3 is 0 Å². The fraction of sp³-hybridized carbons (Fsp3) is 0.182. The third kappa shape index (κ3) is 1.39. The van der Waals surface area contributed by atoms with Crippen LogP contribution in [0.15, 0.2) is 17.5 Å². The smallest absolute Gasteiger partial charge is 0.101 e. The van der Waals surface area contributed by atoms with Crippen LogP contribution in [0.1, 0.15) is 18.1 Å². The Labute approximate surface area is 91.5 Å². The molecule has 0 atom stereocenters. The Kier molecular flexibility index (Phi) is 2.45. The molecule has 70 valence electrons. The molecule has 0 aliphatic heterocycles. The molecular formula is C11H8ClNS. The summed E-state index contributed by atoms with van der Waals surface area (Å²) >= 11 is 7.64. The van der Waals surface area contributed by atoms with Gasteiger partial charge in [0.15, 0.2) is 0 Å². The van der Waals surface area contributed by atoms with Crippen LogP contribution in [0, 0.1) is 11.3 Å². The van der Waals surface area contributed by atoms with E-state index in [0.29, 0.717) is 0 Å². The highest BCUT2D eigenvalue weighted by Gasteiger charge is 2.06. The fourth-order valence-corrected chi connectivity index (χ4v) is 2.72. The lowest BCUT2D eigenvalue weighted by atomic mass is 10.1. The van der Waals surface area contributed by atoms with Gasteiger partial charge in [0.1, 0.15) is 6.07 Å². The number of nitrogens with zero attached hydrogens (tertiary/aromatic N) is 1. The first-order chi connectivity index (χ1) is 6.76. The van der Waals surface area contributed by atoms with Crippen molar-refractivity contribution in [3.8, 4) is 6.07 Å². The molecule has 0 bridgehead atoms. The van der Waals surface area contributed by atoms with E-state index in [0.717, 1.165) is 32.7 Å². The van der Waals surface area contributed by atoms with Crippen molar-refractivity contribution < 1.29 is 0 Å². The molecule has 0 spiro atoms. The molecule has 0 aliphatic rings. The van der Waals surface area contributed by atoms with Crippen LogP contribution in [0.3, 0.4) is 0 Å². The Hall–Kier alpha value is -1.04. The monoisotopic (exact) mass is 221 g/mol. The molecule has 1 heterocycles. The summed E-state index contributed by atoms with van der Waals surface area (Å²) in [6.07, 6.45) is 0.898. The summed E-state index contributed by atoms with van der Waals surface area (Å²) in [4.78, 5) is 0. The van der Waals surface area contributed by atoms with Gasteiger partial charge < -0.3 is 0 Å². The molecule has 0 aliphatic carbocycles. The van der Waals surface area contributed by atoms with E-state index >= 15 is 0 Å². The van der Waals surface area contributed by atoms with Gasteiger partial charge in [-0.1, -0.05) is 18.5 Å². The van der Waals surface area contributed by atoms with E-state index in [4.69, 9.17) is 16.9 Å². The number of rotatable bonds is 1. The third-order valence-electron chi connectivity index (χ3n) is 2.24.